The van der Waals surface area contributed by atoms with Crippen LogP contribution in [0.1, 0.15) is 0 Å². The van der Waals surface area contributed by atoms with Crippen LogP contribution in [0.25, 0.3) is 11.0 Å². The number of hydrogen-bond donors (Lipinski definition) is 3. The molecule has 0 aliphatic rings. The van der Waals surface area contributed by atoms with Crippen LogP contribution in [-0.2, 0) is 0 Å². The molecular formula is C8H10Cl2N4O. The standard InChI is InChI=1S/C8H8N4O.2ClH/c9-8(13)12-6-3-1-2-5-7(6)11-4-10-5;;/h1-4H,(H,10,11)(H3,9,12,13);2*1H. The predicted octanol–water partition coefficient (Wildman–Crippen LogP) is 1.90. The third kappa shape index (κ3) is 2.74. The Kier molecular flexibility index (Phi) is 4.90. The zero-order valence-electron chi connectivity index (χ0n) is 7.56. The maximum atomic E-state index is 10.6. The van der Waals surface area contributed by atoms with Crippen molar-refractivity contribution in [3.05, 3.63) is 24.5 Å². The van der Waals surface area contributed by atoms with E-state index >= 15 is 0 Å². The summed E-state index contributed by atoms with van der Waals surface area (Å²) in [7, 11) is 0. The molecule has 0 unspecified atom stereocenters. The van der Waals surface area contributed by atoms with Crippen molar-refractivity contribution in [1.29, 1.82) is 0 Å². The fourth-order valence-electron chi connectivity index (χ4n) is 1.20. The molecule has 2 amide bonds. The van der Waals surface area contributed by atoms with Crippen molar-refractivity contribution in [3.8, 4) is 0 Å². The van der Waals surface area contributed by atoms with Gasteiger partial charge in [-0.05, 0) is 12.1 Å². The zero-order chi connectivity index (χ0) is 9.26. The van der Waals surface area contributed by atoms with Gasteiger partial charge in [0.25, 0.3) is 0 Å². The monoisotopic (exact) mass is 248 g/mol. The predicted molar refractivity (Wildman–Crippen MR) is 63.8 cm³/mol. The van der Waals surface area contributed by atoms with Crippen molar-refractivity contribution in [1.82, 2.24) is 9.97 Å². The van der Waals surface area contributed by atoms with Gasteiger partial charge in [-0.2, -0.15) is 0 Å². The van der Waals surface area contributed by atoms with Gasteiger partial charge in [-0.1, -0.05) is 6.07 Å². The van der Waals surface area contributed by atoms with Gasteiger partial charge in [0.15, 0.2) is 0 Å². The molecule has 0 aliphatic carbocycles. The summed E-state index contributed by atoms with van der Waals surface area (Å²) >= 11 is 0. The Morgan fingerprint density at radius 3 is 2.80 bits per heavy atom. The van der Waals surface area contributed by atoms with Crippen LogP contribution in [-0.4, -0.2) is 16.0 Å². The number of halogens is 2. The number of hydrogen-bond acceptors (Lipinski definition) is 2. The lowest BCUT2D eigenvalue weighted by molar-refractivity contribution is 0.259. The van der Waals surface area contributed by atoms with Crippen LogP contribution >= 0.6 is 24.8 Å². The highest BCUT2D eigenvalue weighted by Crippen LogP contribution is 2.18. The van der Waals surface area contributed by atoms with Gasteiger partial charge in [0, 0.05) is 0 Å². The Morgan fingerprint density at radius 1 is 1.40 bits per heavy atom. The highest BCUT2D eigenvalue weighted by atomic mass is 35.5. The number of para-hydroxylation sites is 1. The number of nitrogens with zero attached hydrogens (tertiary/aromatic N) is 1. The van der Waals surface area contributed by atoms with Gasteiger partial charge < -0.3 is 16.0 Å². The van der Waals surface area contributed by atoms with Crippen molar-refractivity contribution >= 4 is 47.6 Å². The number of carbonyl (C=O) groups is 1. The van der Waals surface area contributed by atoms with Gasteiger partial charge in [-0.3, -0.25) is 0 Å². The van der Waals surface area contributed by atoms with Crippen LogP contribution in [0.15, 0.2) is 24.5 Å². The SMILES string of the molecule is Cl.Cl.NC(=O)Nc1cccc2[nH]cnc12. The molecule has 4 N–H and O–H groups in total. The number of primary amides is 1. The molecule has 2 rings (SSSR count). The van der Waals surface area contributed by atoms with E-state index in [1.54, 1.807) is 12.4 Å². The number of benzene rings is 1. The first-order valence-electron chi connectivity index (χ1n) is 3.76. The van der Waals surface area contributed by atoms with E-state index in [1.807, 2.05) is 12.1 Å². The lowest BCUT2D eigenvalue weighted by Gasteiger charge is -2.00. The number of fused-ring (bicyclic) bond motifs is 1. The van der Waals surface area contributed by atoms with E-state index in [1.165, 1.54) is 0 Å². The van der Waals surface area contributed by atoms with Gasteiger partial charge in [0.2, 0.25) is 0 Å². The Balaban J connectivity index is 0.000000980. The summed E-state index contributed by atoms with van der Waals surface area (Å²) < 4.78 is 0. The quantitative estimate of drug-likeness (QED) is 0.721. The number of anilines is 1. The van der Waals surface area contributed by atoms with E-state index in [4.69, 9.17) is 5.73 Å². The summed E-state index contributed by atoms with van der Waals surface area (Å²) in [6.45, 7) is 0. The fourth-order valence-corrected chi connectivity index (χ4v) is 1.20. The topological polar surface area (TPSA) is 83.8 Å². The number of aromatic amines is 1. The second-order valence-electron chi connectivity index (χ2n) is 2.59. The molecule has 0 saturated carbocycles. The van der Waals surface area contributed by atoms with Crippen LogP contribution in [0.4, 0.5) is 10.5 Å². The average Bonchev–Trinajstić information content (AvgIpc) is 2.51. The molecule has 0 spiro atoms. The van der Waals surface area contributed by atoms with Crippen molar-refractivity contribution in [2.75, 3.05) is 5.32 Å². The molecule has 0 saturated heterocycles. The molecule has 0 bridgehead atoms. The van der Waals surface area contributed by atoms with Gasteiger partial charge >= 0.3 is 6.03 Å². The minimum atomic E-state index is -0.587. The number of nitrogens with two attached hydrogens (primary N) is 1. The van der Waals surface area contributed by atoms with E-state index in [0.717, 1.165) is 5.52 Å². The lowest BCUT2D eigenvalue weighted by atomic mass is 10.3. The first kappa shape index (κ1) is 13.5. The molecule has 0 fully saturated rings. The molecule has 15 heavy (non-hydrogen) atoms. The molecule has 0 radical (unpaired) electrons. The second-order valence-corrected chi connectivity index (χ2v) is 2.59. The van der Waals surface area contributed by atoms with Gasteiger partial charge in [-0.15, -0.1) is 24.8 Å². The number of nitrogens with one attached hydrogen (secondary N) is 2. The number of H-pyrrole nitrogens is 1. The van der Waals surface area contributed by atoms with E-state index < -0.39 is 6.03 Å². The zero-order valence-corrected chi connectivity index (χ0v) is 9.19. The Labute approximate surface area is 98.3 Å². The Hall–Kier alpha value is -1.46. The normalized spacial score (nSPS) is 8.80. The van der Waals surface area contributed by atoms with Crippen molar-refractivity contribution in [2.24, 2.45) is 5.73 Å². The minimum Gasteiger partial charge on any atom is -0.351 e. The average molecular weight is 249 g/mol. The molecule has 1 heterocycles. The number of urea groups is 1. The molecule has 0 atom stereocenters. The molecule has 5 nitrogen and oxygen atoms in total. The second kappa shape index (κ2) is 5.43. The van der Waals surface area contributed by atoms with Crippen LogP contribution in [0, 0.1) is 0 Å². The third-order valence-electron chi connectivity index (χ3n) is 1.71. The summed E-state index contributed by atoms with van der Waals surface area (Å²) in [5, 5.41) is 2.49. The molecule has 7 heteroatoms. The van der Waals surface area contributed by atoms with Crippen LogP contribution in [0.5, 0.6) is 0 Å². The molecule has 1 aromatic carbocycles. The molecule has 1 aromatic heterocycles. The first-order valence-corrected chi connectivity index (χ1v) is 3.76. The highest BCUT2D eigenvalue weighted by Gasteiger charge is 2.03. The van der Waals surface area contributed by atoms with Crippen LogP contribution in [0.2, 0.25) is 0 Å². The largest absolute Gasteiger partial charge is 0.351 e. The number of imidazole rings is 1. The molecule has 82 valence electrons. The number of carbonyl (C=O) groups excluding carboxylic acids is 1. The fraction of sp³-hybridized carbons (Fsp3) is 0. The lowest BCUT2D eigenvalue weighted by Crippen LogP contribution is -2.19. The van der Waals surface area contributed by atoms with E-state index in [2.05, 4.69) is 15.3 Å². The van der Waals surface area contributed by atoms with E-state index in [9.17, 15) is 4.79 Å². The van der Waals surface area contributed by atoms with E-state index in [0.29, 0.717) is 11.2 Å². The van der Waals surface area contributed by atoms with Crippen LogP contribution < -0.4 is 11.1 Å². The van der Waals surface area contributed by atoms with Gasteiger partial charge in [-0.25, -0.2) is 9.78 Å². The van der Waals surface area contributed by atoms with Crippen molar-refractivity contribution in [2.45, 2.75) is 0 Å². The summed E-state index contributed by atoms with van der Waals surface area (Å²) in [5.74, 6) is 0. The number of amides is 2. The maximum Gasteiger partial charge on any atom is 0.316 e. The number of rotatable bonds is 1. The summed E-state index contributed by atoms with van der Waals surface area (Å²) in [4.78, 5) is 17.6. The van der Waals surface area contributed by atoms with Gasteiger partial charge in [0.05, 0.1) is 17.5 Å². The summed E-state index contributed by atoms with van der Waals surface area (Å²) in [6.07, 6.45) is 1.57. The highest BCUT2D eigenvalue weighted by molar-refractivity contribution is 5.97. The minimum absolute atomic E-state index is 0. The summed E-state index contributed by atoms with van der Waals surface area (Å²) in [6, 6.07) is 4.84. The maximum absolute atomic E-state index is 10.6. The van der Waals surface area contributed by atoms with Crippen molar-refractivity contribution in [3.63, 3.8) is 0 Å². The Bertz CT molecular complexity index is 457. The third-order valence-corrected chi connectivity index (χ3v) is 1.71. The number of aromatic nitrogens is 2. The molecule has 2 aromatic rings. The Morgan fingerprint density at radius 2 is 2.13 bits per heavy atom. The summed E-state index contributed by atoms with van der Waals surface area (Å²) in [5.41, 5.74) is 7.19. The van der Waals surface area contributed by atoms with Crippen LogP contribution in [0.3, 0.4) is 0 Å². The molecular weight excluding hydrogens is 239 g/mol. The molecule has 0 aliphatic heterocycles. The smallest absolute Gasteiger partial charge is 0.316 e. The first-order chi connectivity index (χ1) is 6.27. The van der Waals surface area contributed by atoms with Gasteiger partial charge in [0.1, 0.15) is 5.52 Å². The van der Waals surface area contributed by atoms with Crippen molar-refractivity contribution < 1.29 is 4.79 Å². The van der Waals surface area contributed by atoms with E-state index in [-0.39, 0.29) is 24.8 Å².